The van der Waals surface area contributed by atoms with E-state index in [0.717, 1.165) is 11.3 Å². The van der Waals surface area contributed by atoms with Crippen LogP contribution in [0, 0.1) is 5.92 Å². The fourth-order valence-corrected chi connectivity index (χ4v) is 4.08. The zero-order valence-electron chi connectivity index (χ0n) is 20.6. The second-order valence-electron chi connectivity index (χ2n) is 8.56. The van der Waals surface area contributed by atoms with Crippen molar-refractivity contribution in [1.29, 1.82) is 0 Å². The summed E-state index contributed by atoms with van der Waals surface area (Å²) in [5, 5.41) is 2.44. The average molecular weight is 533 g/mol. The van der Waals surface area contributed by atoms with E-state index in [1.54, 1.807) is 29.2 Å². The van der Waals surface area contributed by atoms with E-state index in [2.05, 4.69) is 16.2 Å². The third kappa shape index (κ3) is 7.53. The number of thiocarbonyl (C=S) groups is 1. The lowest BCUT2D eigenvalue weighted by Crippen LogP contribution is -2.50. The first-order chi connectivity index (χ1) is 18.5. The lowest BCUT2D eigenvalue weighted by molar-refractivity contribution is -0.129. The minimum absolute atomic E-state index is 0.0870. The fraction of sp³-hybridized carbons (Fsp3) is 0.214. The Morgan fingerprint density at radius 1 is 0.868 bits per heavy atom. The highest BCUT2D eigenvalue weighted by atomic mass is 32.1. The number of rotatable bonds is 9. The normalized spacial score (nSPS) is 14.5. The van der Waals surface area contributed by atoms with Crippen LogP contribution in [0.15, 0.2) is 84.9 Å². The van der Waals surface area contributed by atoms with Crippen LogP contribution in [0.4, 0.5) is 0 Å². The number of hydrogen-bond acceptors (Lipinski definition) is 6. The summed E-state index contributed by atoms with van der Waals surface area (Å²) < 4.78 is 11.3. The van der Waals surface area contributed by atoms with Crippen molar-refractivity contribution in [3.8, 4) is 11.5 Å². The number of ether oxygens (including phenoxy) is 2. The van der Waals surface area contributed by atoms with Crippen molar-refractivity contribution in [1.82, 2.24) is 21.1 Å². The first kappa shape index (κ1) is 26.6. The van der Waals surface area contributed by atoms with Crippen molar-refractivity contribution >= 4 is 35.1 Å². The van der Waals surface area contributed by atoms with Gasteiger partial charge in [0.1, 0.15) is 24.7 Å². The predicted molar refractivity (Wildman–Crippen MR) is 145 cm³/mol. The van der Waals surface area contributed by atoms with Crippen molar-refractivity contribution in [2.24, 2.45) is 5.92 Å². The molecule has 4 rings (SSSR count). The molecule has 0 saturated carbocycles. The van der Waals surface area contributed by atoms with Gasteiger partial charge in [0.25, 0.3) is 5.91 Å². The number of hydrogen-bond donors (Lipinski definition) is 3. The van der Waals surface area contributed by atoms with E-state index >= 15 is 0 Å². The number of carbonyl (C=O) groups is 3. The summed E-state index contributed by atoms with van der Waals surface area (Å²) in [5.74, 6) is -0.392. The lowest BCUT2D eigenvalue weighted by Gasteiger charge is -2.17. The van der Waals surface area contributed by atoms with Crippen LogP contribution in [0.1, 0.15) is 22.3 Å². The van der Waals surface area contributed by atoms with Crippen LogP contribution in [0.3, 0.4) is 0 Å². The number of carbonyl (C=O) groups excluding carboxylic acids is 3. The van der Waals surface area contributed by atoms with Crippen LogP contribution < -0.4 is 25.6 Å². The maximum absolute atomic E-state index is 12.8. The zero-order chi connectivity index (χ0) is 26.7. The second-order valence-corrected chi connectivity index (χ2v) is 8.97. The quantitative estimate of drug-likeness (QED) is 0.221. The molecule has 0 radical (unpaired) electrons. The topological polar surface area (TPSA) is 109 Å². The van der Waals surface area contributed by atoms with E-state index < -0.39 is 11.8 Å². The molecule has 1 heterocycles. The molecule has 1 unspecified atom stereocenters. The summed E-state index contributed by atoms with van der Waals surface area (Å²) in [6.07, 6.45) is 0.109. The Labute approximate surface area is 226 Å². The summed E-state index contributed by atoms with van der Waals surface area (Å²) in [6, 6.07) is 25.7. The molecule has 3 N–H and O–H groups in total. The third-order valence-corrected chi connectivity index (χ3v) is 6.02. The summed E-state index contributed by atoms with van der Waals surface area (Å²) in [5.41, 5.74) is 6.30. The molecule has 1 fully saturated rings. The highest BCUT2D eigenvalue weighted by molar-refractivity contribution is 7.80. The Balaban J connectivity index is 1.21. The molecular formula is C28H28N4O5S. The van der Waals surface area contributed by atoms with E-state index in [0.29, 0.717) is 25.4 Å². The van der Waals surface area contributed by atoms with Gasteiger partial charge in [0, 0.05) is 19.5 Å². The van der Waals surface area contributed by atoms with Gasteiger partial charge in [-0.2, -0.15) is 0 Å². The molecule has 1 atom stereocenters. The van der Waals surface area contributed by atoms with Gasteiger partial charge >= 0.3 is 0 Å². The van der Waals surface area contributed by atoms with Gasteiger partial charge in [0.15, 0.2) is 5.11 Å². The van der Waals surface area contributed by atoms with Crippen LogP contribution in [0.5, 0.6) is 11.5 Å². The fourth-order valence-electron chi connectivity index (χ4n) is 3.93. The van der Waals surface area contributed by atoms with E-state index in [1.807, 2.05) is 60.7 Å². The Kier molecular flexibility index (Phi) is 9.25. The summed E-state index contributed by atoms with van der Waals surface area (Å²) in [6.45, 7) is 1.29. The van der Waals surface area contributed by atoms with Crippen LogP contribution >= 0.6 is 12.2 Å². The smallest absolute Gasteiger partial charge is 0.261 e. The van der Waals surface area contributed by atoms with Crippen molar-refractivity contribution in [2.75, 3.05) is 19.8 Å². The van der Waals surface area contributed by atoms with Gasteiger partial charge in [0.05, 0.1) is 11.5 Å². The van der Waals surface area contributed by atoms with E-state index in [1.165, 1.54) is 0 Å². The molecule has 0 spiro atoms. The zero-order valence-corrected chi connectivity index (χ0v) is 21.4. The third-order valence-electron chi connectivity index (χ3n) is 5.81. The highest BCUT2D eigenvalue weighted by Gasteiger charge is 2.34. The van der Waals surface area contributed by atoms with E-state index in [9.17, 15) is 14.4 Å². The Bertz CT molecular complexity index is 1270. The molecule has 0 aliphatic carbocycles. The molecule has 196 valence electrons. The maximum Gasteiger partial charge on any atom is 0.261 e. The van der Waals surface area contributed by atoms with Gasteiger partial charge in [-0.3, -0.25) is 30.6 Å². The summed E-state index contributed by atoms with van der Waals surface area (Å²) in [7, 11) is 0. The molecule has 3 aromatic carbocycles. The van der Waals surface area contributed by atoms with Crippen LogP contribution in [0.2, 0.25) is 0 Å². The molecule has 3 amide bonds. The molecule has 0 aromatic heterocycles. The van der Waals surface area contributed by atoms with Gasteiger partial charge in [-0.15, -0.1) is 0 Å². The van der Waals surface area contributed by atoms with Crippen molar-refractivity contribution in [3.63, 3.8) is 0 Å². The molecule has 38 heavy (non-hydrogen) atoms. The van der Waals surface area contributed by atoms with Crippen molar-refractivity contribution < 1.29 is 23.9 Å². The predicted octanol–water partition coefficient (Wildman–Crippen LogP) is 2.83. The summed E-state index contributed by atoms with van der Waals surface area (Å²) >= 11 is 5.16. The van der Waals surface area contributed by atoms with Crippen molar-refractivity contribution in [3.05, 3.63) is 96.1 Å². The molecule has 1 aliphatic rings. The van der Waals surface area contributed by atoms with Gasteiger partial charge in [-0.1, -0.05) is 60.7 Å². The SMILES string of the molecule is O=C(NC(=S)NNC(=O)C1CC(=O)N(Cc2ccccc2)C1)c1ccccc1OCCOc1ccccc1. The maximum atomic E-state index is 12.8. The Morgan fingerprint density at radius 3 is 2.29 bits per heavy atom. The number of nitrogens with one attached hydrogen (secondary N) is 3. The molecule has 1 aliphatic heterocycles. The van der Waals surface area contributed by atoms with Gasteiger partial charge in [0.2, 0.25) is 11.8 Å². The molecule has 9 nitrogen and oxygen atoms in total. The minimum Gasteiger partial charge on any atom is -0.490 e. The van der Waals surface area contributed by atoms with Gasteiger partial charge in [-0.25, -0.2) is 0 Å². The molecule has 1 saturated heterocycles. The minimum atomic E-state index is -0.524. The Morgan fingerprint density at radius 2 is 1.53 bits per heavy atom. The van der Waals surface area contributed by atoms with Gasteiger partial charge < -0.3 is 14.4 Å². The second kappa shape index (κ2) is 13.2. The number of nitrogens with zero attached hydrogens (tertiary/aromatic N) is 1. The number of para-hydroxylation sites is 2. The average Bonchev–Trinajstić information content (AvgIpc) is 3.31. The number of hydrazine groups is 1. The number of likely N-dealkylation sites (tertiary alicyclic amines) is 1. The monoisotopic (exact) mass is 532 g/mol. The number of benzene rings is 3. The largest absolute Gasteiger partial charge is 0.490 e. The Hall–Kier alpha value is -4.44. The first-order valence-corrected chi connectivity index (χ1v) is 12.5. The van der Waals surface area contributed by atoms with Gasteiger partial charge in [-0.05, 0) is 42.0 Å². The van der Waals surface area contributed by atoms with E-state index in [4.69, 9.17) is 21.7 Å². The lowest BCUT2D eigenvalue weighted by atomic mass is 10.1. The van der Waals surface area contributed by atoms with Crippen LogP contribution in [-0.4, -0.2) is 47.5 Å². The molecule has 0 bridgehead atoms. The van der Waals surface area contributed by atoms with Crippen LogP contribution in [-0.2, 0) is 16.1 Å². The van der Waals surface area contributed by atoms with Crippen molar-refractivity contribution in [2.45, 2.75) is 13.0 Å². The van der Waals surface area contributed by atoms with Crippen LogP contribution in [0.25, 0.3) is 0 Å². The number of amides is 3. The molecule has 10 heteroatoms. The standard InChI is InChI=1S/C28H28N4O5S/c33-25-17-21(19-32(25)18-20-9-3-1-4-10-20)26(34)30-31-28(38)29-27(35)23-13-7-8-14-24(23)37-16-15-36-22-11-5-2-6-12-22/h1-14,21H,15-19H2,(H,30,34)(H2,29,31,35,38). The molecule has 3 aromatic rings. The highest BCUT2D eigenvalue weighted by Crippen LogP contribution is 2.20. The summed E-state index contributed by atoms with van der Waals surface area (Å²) in [4.78, 5) is 39.4. The van der Waals surface area contributed by atoms with E-state index in [-0.39, 0.29) is 35.5 Å². The molecular weight excluding hydrogens is 504 g/mol. The first-order valence-electron chi connectivity index (χ1n) is 12.1.